The lowest BCUT2D eigenvalue weighted by Crippen LogP contribution is -2.40. The van der Waals surface area contributed by atoms with Crippen molar-refractivity contribution in [3.63, 3.8) is 0 Å². The van der Waals surface area contributed by atoms with Crippen molar-refractivity contribution in [2.75, 3.05) is 25.0 Å². The second kappa shape index (κ2) is 8.21. The number of hydrogen-bond donors (Lipinski definition) is 2. The molecule has 7 nitrogen and oxygen atoms in total. The molecule has 0 spiro atoms. The molecule has 2 rings (SSSR count). The molecule has 0 radical (unpaired) electrons. The Morgan fingerprint density at radius 1 is 1.54 bits per heavy atom. The molecule has 2 atom stereocenters. The summed E-state index contributed by atoms with van der Waals surface area (Å²) >= 11 is 0. The molecule has 132 valence electrons. The van der Waals surface area contributed by atoms with E-state index in [1.165, 1.54) is 6.07 Å². The number of aliphatic hydroxyl groups is 1. The van der Waals surface area contributed by atoms with Crippen LogP contribution in [0.15, 0.2) is 18.2 Å². The van der Waals surface area contributed by atoms with Crippen LogP contribution in [0.1, 0.15) is 31.7 Å². The van der Waals surface area contributed by atoms with Gasteiger partial charge in [0.1, 0.15) is 0 Å². The molecule has 24 heavy (non-hydrogen) atoms. The number of likely N-dealkylation sites (tertiary alicyclic amines) is 1. The summed E-state index contributed by atoms with van der Waals surface area (Å²) in [6, 6.07) is 4.66. The molecule has 1 aromatic rings. The third-order valence-electron chi connectivity index (χ3n) is 4.66. The molecule has 1 amide bonds. The van der Waals surface area contributed by atoms with Crippen LogP contribution < -0.4 is 5.32 Å². The average molecular weight is 335 g/mol. The minimum Gasteiger partial charge on any atom is -0.393 e. The Hall–Kier alpha value is -1.99. The predicted molar refractivity (Wildman–Crippen MR) is 91.9 cm³/mol. The molecular weight excluding hydrogens is 310 g/mol. The number of hydrogen-bond acceptors (Lipinski definition) is 5. The number of rotatable bonds is 6. The quantitative estimate of drug-likeness (QED) is 0.614. The fraction of sp³-hybridized carbons (Fsp3) is 0.588. The lowest BCUT2D eigenvalue weighted by molar-refractivity contribution is -0.385. The molecule has 1 fully saturated rings. The van der Waals surface area contributed by atoms with Crippen molar-refractivity contribution >= 4 is 17.3 Å². The van der Waals surface area contributed by atoms with Crippen LogP contribution in [0.5, 0.6) is 0 Å². The zero-order valence-electron chi connectivity index (χ0n) is 14.2. The number of carbonyl (C=O) groups is 1. The molecule has 0 bridgehead atoms. The lowest BCUT2D eigenvalue weighted by atomic mass is 9.93. The van der Waals surface area contributed by atoms with Crippen LogP contribution in [0.25, 0.3) is 0 Å². The minimum absolute atomic E-state index is 0.00334. The Morgan fingerprint density at radius 2 is 2.29 bits per heavy atom. The van der Waals surface area contributed by atoms with E-state index < -0.39 is 4.92 Å². The first-order valence-corrected chi connectivity index (χ1v) is 8.32. The summed E-state index contributed by atoms with van der Waals surface area (Å²) in [5.74, 6) is 0.110. The van der Waals surface area contributed by atoms with Crippen LogP contribution in [0.4, 0.5) is 11.4 Å². The zero-order chi connectivity index (χ0) is 17.7. The zero-order valence-corrected chi connectivity index (χ0v) is 14.2. The smallest absolute Gasteiger partial charge is 0.274 e. The summed E-state index contributed by atoms with van der Waals surface area (Å²) in [5, 5.41) is 23.4. The molecule has 1 heterocycles. The van der Waals surface area contributed by atoms with E-state index in [9.17, 15) is 20.0 Å². The van der Waals surface area contributed by atoms with E-state index in [1.807, 2.05) is 6.92 Å². The summed E-state index contributed by atoms with van der Waals surface area (Å²) in [7, 11) is 0. The van der Waals surface area contributed by atoms with E-state index in [1.54, 1.807) is 19.1 Å². The van der Waals surface area contributed by atoms with Gasteiger partial charge in [-0.05, 0) is 45.2 Å². The Morgan fingerprint density at radius 3 is 2.96 bits per heavy atom. The molecule has 1 saturated heterocycles. The topological polar surface area (TPSA) is 95.7 Å². The van der Waals surface area contributed by atoms with Gasteiger partial charge in [-0.1, -0.05) is 6.07 Å². The predicted octanol–water partition coefficient (Wildman–Crippen LogP) is 2.32. The molecule has 0 aromatic heterocycles. The van der Waals surface area contributed by atoms with Gasteiger partial charge in [0.15, 0.2) is 0 Å². The van der Waals surface area contributed by atoms with Crippen molar-refractivity contribution in [1.29, 1.82) is 0 Å². The van der Waals surface area contributed by atoms with Gasteiger partial charge < -0.3 is 15.3 Å². The molecule has 2 unspecified atom stereocenters. The van der Waals surface area contributed by atoms with Crippen LogP contribution >= 0.6 is 0 Å². The number of anilines is 1. The summed E-state index contributed by atoms with van der Waals surface area (Å²) in [4.78, 5) is 24.8. The molecule has 1 aliphatic heterocycles. The fourth-order valence-electron chi connectivity index (χ4n) is 3.12. The van der Waals surface area contributed by atoms with E-state index in [0.717, 1.165) is 25.9 Å². The van der Waals surface area contributed by atoms with E-state index in [2.05, 4.69) is 10.2 Å². The second-order valence-corrected chi connectivity index (χ2v) is 6.45. The summed E-state index contributed by atoms with van der Waals surface area (Å²) in [6.45, 7) is 5.81. The van der Waals surface area contributed by atoms with E-state index in [-0.39, 0.29) is 23.6 Å². The van der Waals surface area contributed by atoms with Gasteiger partial charge in [0.2, 0.25) is 5.91 Å². The second-order valence-electron chi connectivity index (χ2n) is 6.45. The third-order valence-corrected chi connectivity index (χ3v) is 4.66. The number of carbonyl (C=O) groups excluding carboxylic acids is 1. The highest BCUT2D eigenvalue weighted by Gasteiger charge is 2.23. The van der Waals surface area contributed by atoms with Crippen molar-refractivity contribution < 1.29 is 14.8 Å². The van der Waals surface area contributed by atoms with E-state index in [0.29, 0.717) is 24.2 Å². The van der Waals surface area contributed by atoms with Crippen molar-refractivity contribution in [3.8, 4) is 0 Å². The van der Waals surface area contributed by atoms with Crippen LogP contribution in [0.3, 0.4) is 0 Å². The molecule has 7 heteroatoms. The van der Waals surface area contributed by atoms with Crippen LogP contribution in [-0.2, 0) is 4.79 Å². The SMILES string of the molecule is Cc1c(NC(=O)CCN2CCCC(C(C)O)C2)cccc1[N+](=O)[O-]. The first-order valence-electron chi connectivity index (χ1n) is 8.32. The summed E-state index contributed by atoms with van der Waals surface area (Å²) in [6.07, 6.45) is 2.05. The molecule has 0 aliphatic carbocycles. The van der Waals surface area contributed by atoms with Crippen molar-refractivity contribution in [3.05, 3.63) is 33.9 Å². The van der Waals surface area contributed by atoms with Gasteiger partial charge in [-0.3, -0.25) is 14.9 Å². The minimum atomic E-state index is -0.449. The summed E-state index contributed by atoms with van der Waals surface area (Å²) in [5.41, 5.74) is 0.946. The Balaban J connectivity index is 1.88. The number of piperidine rings is 1. The van der Waals surface area contributed by atoms with Gasteiger partial charge in [0.05, 0.1) is 22.3 Å². The third kappa shape index (κ3) is 4.75. The maximum absolute atomic E-state index is 12.1. The Kier molecular flexibility index (Phi) is 6.28. The number of aliphatic hydroxyl groups excluding tert-OH is 1. The molecule has 1 aliphatic rings. The fourth-order valence-corrected chi connectivity index (χ4v) is 3.12. The maximum atomic E-state index is 12.1. The van der Waals surface area contributed by atoms with E-state index >= 15 is 0 Å². The highest BCUT2D eigenvalue weighted by Crippen LogP contribution is 2.25. The number of benzene rings is 1. The van der Waals surface area contributed by atoms with Crippen LogP contribution in [-0.4, -0.2) is 46.6 Å². The van der Waals surface area contributed by atoms with Gasteiger partial charge >= 0.3 is 0 Å². The Labute approximate surface area is 141 Å². The van der Waals surface area contributed by atoms with Gasteiger partial charge in [0, 0.05) is 25.6 Å². The largest absolute Gasteiger partial charge is 0.393 e. The van der Waals surface area contributed by atoms with Crippen LogP contribution in [0, 0.1) is 23.0 Å². The summed E-state index contributed by atoms with van der Waals surface area (Å²) < 4.78 is 0. The van der Waals surface area contributed by atoms with E-state index in [4.69, 9.17) is 0 Å². The molecule has 0 saturated carbocycles. The highest BCUT2D eigenvalue weighted by atomic mass is 16.6. The first kappa shape index (κ1) is 18.4. The number of nitrogens with one attached hydrogen (secondary N) is 1. The maximum Gasteiger partial charge on any atom is 0.274 e. The Bertz CT molecular complexity index is 603. The van der Waals surface area contributed by atoms with Crippen molar-refractivity contribution in [2.24, 2.45) is 5.92 Å². The monoisotopic (exact) mass is 335 g/mol. The standard InChI is InChI=1S/C17H25N3O4/c1-12-15(6-3-7-16(12)20(23)24)18-17(22)8-10-19-9-4-5-14(11-19)13(2)21/h3,6-7,13-14,21H,4-5,8-11H2,1-2H3,(H,18,22). The molecular formula is C17H25N3O4. The highest BCUT2D eigenvalue weighted by molar-refractivity contribution is 5.92. The molecule has 1 aromatic carbocycles. The van der Waals surface area contributed by atoms with Gasteiger partial charge in [0.25, 0.3) is 5.69 Å². The van der Waals surface area contributed by atoms with Gasteiger partial charge in [-0.25, -0.2) is 0 Å². The van der Waals surface area contributed by atoms with Crippen molar-refractivity contribution in [2.45, 2.75) is 39.2 Å². The van der Waals surface area contributed by atoms with Gasteiger partial charge in [-0.2, -0.15) is 0 Å². The number of nitro groups is 1. The molecule has 2 N–H and O–H groups in total. The van der Waals surface area contributed by atoms with Crippen LogP contribution in [0.2, 0.25) is 0 Å². The van der Waals surface area contributed by atoms with Gasteiger partial charge in [-0.15, -0.1) is 0 Å². The number of nitro benzene ring substituents is 1. The number of nitrogens with zero attached hydrogens (tertiary/aromatic N) is 2. The lowest BCUT2D eigenvalue weighted by Gasteiger charge is -2.33. The normalized spacial score (nSPS) is 19.7. The average Bonchev–Trinajstić information content (AvgIpc) is 2.55. The number of amides is 1. The van der Waals surface area contributed by atoms with Crippen molar-refractivity contribution in [1.82, 2.24) is 4.90 Å². The first-order chi connectivity index (χ1) is 11.4.